The predicted molar refractivity (Wildman–Crippen MR) is 33.4 cm³/mol. The Kier molecular flexibility index (Phi) is 9.45. The quantitative estimate of drug-likeness (QED) is 0.670. The molecule has 0 spiro atoms. The SMILES string of the molecule is CNC(C)C(C)[C-]=O.[Y]. The van der Waals surface area contributed by atoms with E-state index in [1.807, 2.05) is 27.2 Å². The maximum absolute atomic E-state index is 9.94. The van der Waals surface area contributed by atoms with E-state index in [1.165, 1.54) is 0 Å². The van der Waals surface area contributed by atoms with Gasteiger partial charge in [0, 0.05) is 32.7 Å². The number of carbonyl (C=O) groups excluding carboxylic acids is 1. The Balaban J connectivity index is 0. The van der Waals surface area contributed by atoms with E-state index in [2.05, 4.69) is 5.32 Å². The molecule has 1 N–H and O–H groups in total. The van der Waals surface area contributed by atoms with Crippen molar-refractivity contribution in [1.29, 1.82) is 0 Å². The average molecular weight is 203 g/mol. The van der Waals surface area contributed by atoms with Gasteiger partial charge in [-0.3, -0.25) is 6.29 Å². The first kappa shape index (κ1) is 12.4. The molecule has 2 nitrogen and oxygen atoms in total. The summed E-state index contributed by atoms with van der Waals surface area (Å²) in [5.74, 6) is -0.000000000000000222. The minimum Gasteiger partial charge on any atom is -0.541 e. The predicted octanol–water partition coefficient (Wildman–Crippen LogP) is 0.338. The van der Waals surface area contributed by atoms with Gasteiger partial charge in [-0.25, -0.2) is 0 Å². The summed E-state index contributed by atoms with van der Waals surface area (Å²) < 4.78 is 0. The zero-order chi connectivity index (χ0) is 6.57. The molecule has 0 aromatic rings. The van der Waals surface area contributed by atoms with Crippen LogP contribution in [0.1, 0.15) is 13.8 Å². The van der Waals surface area contributed by atoms with Crippen LogP contribution in [0.3, 0.4) is 0 Å². The molecule has 0 aliphatic carbocycles. The second-order valence-corrected chi connectivity index (χ2v) is 1.98. The van der Waals surface area contributed by atoms with E-state index in [1.54, 1.807) is 0 Å². The molecule has 0 fully saturated rings. The van der Waals surface area contributed by atoms with Crippen molar-refractivity contribution in [2.45, 2.75) is 19.9 Å². The first-order chi connectivity index (χ1) is 3.72. The molecule has 2 atom stereocenters. The summed E-state index contributed by atoms with van der Waals surface area (Å²) >= 11 is 0. The van der Waals surface area contributed by atoms with Crippen LogP contribution in [0.5, 0.6) is 0 Å². The van der Waals surface area contributed by atoms with Gasteiger partial charge in [-0.15, -0.1) is 5.92 Å². The third kappa shape index (κ3) is 5.19. The van der Waals surface area contributed by atoms with Crippen LogP contribution in [0.25, 0.3) is 0 Å². The minimum atomic E-state index is -0.000000000000000222. The maximum Gasteiger partial charge on any atom is 0 e. The van der Waals surface area contributed by atoms with E-state index in [4.69, 9.17) is 0 Å². The summed E-state index contributed by atoms with van der Waals surface area (Å²) in [4.78, 5) is 9.94. The largest absolute Gasteiger partial charge is 0.541 e. The first-order valence-corrected chi connectivity index (χ1v) is 2.77. The van der Waals surface area contributed by atoms with Crippen LogP contribution in [0.15, 0.2) is 0 Å². The molecule has 0 rings (SSSR count). The first-order valence-electron chi connectivity index (χ1n) is 2.77. The van der Waals surface area contributed by atoms with E-state index in [9.17, 15) is 4.79 Å². The summed E-state index contributed by atoms with van der Waals surface area (Å²) in [6.07, 6.45) is 1.90. The van der Waals surface area contributed by atoms with E-state index < -0.39 is 0 Å². The molecular formula is C6H12NOY-. The van der Waals surface area contributed by atoms with Gasteiger partial charge < -0.3 is 10.1 Å². The molecular weight excluding hydrogens is 191 g/mol. The van der Waals surface area contributed by atoms with Crippen LogP contribution in [0, 0.1) is 5.92 Å². The van der Waals surface area contributed by atoms with Crippen LogP contribution in [0.4, 0.5) is 0 Å². The summed E-state index contributed by atoms with van der Waals surface area (Å²) in [6, 6.07) is 0.243. The Labute approximate surface area is 81.7 Å². The third-order valence-corrected chi connectivity index (χ3v) is 1.39. The van der Waals surface area contributed by atoms with Gasteiger partial charge in [0.25, 0.3) is 0 Å². The van der Waals surface area contributed by atoms with Crippen molar-refractivity contribution in [3.8, 4) is 0 Å². The zero-order valence-corrected chi connectivity index (χ0v) is 8.98. The Morgan fingerprint density at radius 3 is 2.00 bits per heavy atom. The van der Waals surface area contributed by atoms with Gasteiger partial charge in [0.15, 0.2) is 0 Å². The molecule has 0 heterocycles. The van der Waals surface area contributed by atoms with Crippen molar-refractivity contribution in [3.63, 3.8) is 0 Å². The van der Waals surface area contributed by atoms with Crippen molar-refractivity contribution < 1.29 is 37.5 Å². The van der Waals surface area contributed by atoms with Crippen molar-refractivity contribution >= 4 is 6.29 Å². The second-order valence-electron chi connectivity index (χ2n) is 1.98. The molecule has 0 aromatic heterocycles. The summed E-state index contributed by atoms with van der Waals surface area (Å²) in [5, 5.41) is 2.95. The van der Waals surface area contributed by atoms with Crippen LogP contribution < -0.4 is 5.32 Å². The normalized spacial score (nSPS) is 15.4. The summed E-state index contributed by atoms with van der Waals surface area (Å²) in [5.41, 5.74) is 0. The third-order valence-electron chi connectivity index (χ3n) is 1.39. The number of hydrogen-bond acceptors (Lipinski definition) is 2. The minimum absolute atomic E-state index is 0. The molecule has 2 unspecified atom stereocenters. The number of hydrogen-bond donors (Lipinski definition) is 1. The molecule has 0 bridgehead atoms. The standard InChI is InChI=1S/C6H12NO.Y/c1-5(4-8)6(2)7-3;/h5-7H,1-3H3;/q-1;. The van der Waals surface area contributed by atoms with Crippen LogP contribution >= 0.6 is 0 Å². The van der Waals surface area contributed by atoms with Gasteiger partial charge in [-0.1, -0.05) is 13.8 Å². The van der Waals surface area contributed by atoms with Crippen molar-refractivity contribution in [2.24, 2.45) is 5.92 Å². The Bertz CT molecular complexity index is 77.5. The monoisotopic (exact) mass is 203 g/mol. The van der Waals surface area contributed by atoms with E-state index in [-0.39, 0.29) is 44.7 Å². The van der Waals surface area contributed by atoms with Crippen molar-refractivity contribution in [3.05, 3.63) is 0 Å². The van der Waals surface area contributed by atoms with Gasteiger partial charge in [0.1, 0.15) is 0 Å². The fourth-order valence-corrected chi connectivity index (χ4v) is 0.352. The van der Waals surface area contributed by atoms with E-state index >= 15 is 0 Å². The fourth-order valence-electron chi connectivity index (χ4n) is 0.352. The smallest absolute Gasteiger partial charge is 0 e. The molecule has 1 radical (unpaired) electrons. The number of rotatable bonds is 3. The molecule has 0 saturated carbocycles. The fraction of sp³-hybridized carbons (Fsp3) is 0.833. The summed E-state index contributed by atoms with van der Waals surface area (Å²) in [7, 11) is 1.83. The molecule has 51 valence electrons. The number of nitrogens with one attached hydrogen (secondary N) is 1. The van der Waals surface area contributed by atoms with Gasteiger partial charge in [0.2, 0.25) is 0 Å². The van der Waals surface area contributed by atoms with Crippen LogP contribution in [0.2, 0.25) is 0 Å². The molecule has 0 aliphatic heterocycles. The van der Waals surface area contributed by atoms with Crippen molar-refractivity contribution in [1.82, 2.24) is 5.32 Å². The Morgan fingerprint density at radius 2 is 1.89 bits per heavy atom. The van der Waals surface area contributed by atoms with E-state index in [0.717, 1.165) is 0 Å². The van der Waals surface area contributed by atoms with Gasteiger partial charge >= 0.3 is 0 Å². The second kappa shape index (κ2) is 6.85. The zero-order valence-electron chi connectivity index (χ0n) is 6.14. The van der Waals surface area contributed by atoms with Gasteiger partial charge in [-0.2, -0.15) is 0 Å². The summed E-state index contributed by atoms with van der Waals surface area (Å²) in [6.45, 7) is 3.80. The Morgan fingerprint density at radius 1 is 1.44 bits per heavy atom. The molecule has 3 heteroatoms. The van der Waals surface area contributed by atoms with Gasteiger partial charge in [0.05, 0.1) is 0 Å². The molecule has 0 amide bonds. The molecule has 9 heavy (non-hydrogen) atoms. The van der Waals surface area contributed by atoms with Crippen molar-refractivity contribution in [2.75, 3.05) is 7.05 Å². The van der Waals surface area contributed by atoms with E-state index in [0.29, 0.717) is 0 Å². The maximum atomic E-state index is 9.94. The molecule has 0 saturated heterocycles. The van der Waals surface area contributed by atoms with Crippen LogP contribution in [-0.2, 0) is 37.5 Å². The van der Waals surface area contributed by atoms with Gasteiger partial charge in [-0.05, 0) is 13.1 Å². The van der Waals surface area contributed by atoms with Crippen LogP contribution in [-0.4, -0.2) is 19.4 Å². The topological polar surface area (TPSA) is 29.1 Å². The average Bonchev–Trinajstić information content (AvgIpc) is 1.84. The Hall–Kier alpha value is 0.734. The molecule has 0 aromatic carbocycles. The molecule has 0 aliphatic rings.